The number of carboxylic acid groups (broad SMARTS) is 2. The second-order valence-corrected chi connectivity index (χ2v) is 6.29. The molecule has 1 aliphatic heterocycles. The van der Waals surface area contributed by atoms with Gasteiger partial charge in [-0.2, -0.15) is 0 Å². The number of carboxylic acids is 2. The number of aliphatic carboxylic acids is 2. The molecule has 1 aromatic rings. The minimum Gasteiger partial charge on any atom is -0.480 e. The van der Waals surface area contributed by atoms with Crippen molar-refractivity contribution < 1.29 is 19.8 Å². The van der Waals surface area contributed by atoms with Crippen LogP contribution in [0, 0.1) is 0 Å². The summed E-state index contributed by atoms with van der Waals surface area (Å²) in [6, 6.07) is 5.65. The molecule has 1 aromatic heterocycles. The van der Waals surface area contributed by atoms with Crippen LogP contribution in [0.1, 0.15) is 24.2 Å². The van der Waals surface area contributed by atoms with Gasteiger partial charge in [0.05, 0.1) is 24.5 Å². The van der Waals surface area contributed by atoms with E-state index in [1.807, 2.05) is 28.0 Å². The average molecular weight is 350 g/mol. The molecular formula is C17H26N4O4. The maximum atomic E-state index is 11.1. The molecule has 8 nitrogen and oxygen atoms in total. The molecule has 0 aliphatic carbocycles. The Labute approximate surface area is 147 Å². The quantitative estimate of drug-likeness (QED) is 0.709. The molecule has 0 spiro atoms. The number of hydrogen-bond donors (Lipinski definition) is 3. The molecular weight excluding hydrogens is 324 g/mol. The molecule has 138 valence electrons. The summed E-state index contributed by atoms with van der Waals surface area (Å²) in [6.07, 6.45) is 1.71. The Morgan fingerprint density at radius 3 is 1.88 bits per heavy atom. The van der Waals surface area contributed by atoms with Crippen LogP contribution in [0.3, 0.4) is 0 Å². The van der Waals surface area contributed by atoms with Crippen LogP contribution in [0.2, 0.25) is 0 Å². The maximum absolute atomic E-state index is 11.1. The highest BCUT2D eigenvalue weighted by molar-refractivity contribution is 5.69. The van der Waals surface area contributed by atoms with E-state index < -0.39 is 11.9 Å². The molecule has 2 bridgehead atoms. The summed E-state index contributed by atoms with van der Waals surface area (Å²) in [4.78, 5) is 30.5. The lowest BCUT2D eigenvalue weighted by atomic mass is 10.2. The summed E-state index contributed by atoms with van der Waals surface area (Å²) in [5.41, 5.74) is 1.61. The van der Waals surface area contributed by atoms with Crippen molar-refractivity contribution in [1.29, 1.82) is 0 Å². The van der Waals surface area contributed by atoms with Gasteiger partial charge in [-0.25, -0.2) is 0 Å². The van der Waals surface area contributed by atoms with Gasteiger partial charge in [-0.1, -0.05) is 6.07 Å². The molecule has 0 unspecified atom stereocenters. The van der Waals surface area contributed by atoms with Crippen molar-refractivity contribution in [1.82, 2.24) is 20.1 Å². The fraction of sp³-hybridized carbons (Fsp3) is 0.588. The van der Waals surface area contributed by atoms with Crippen molar-refractivity contribution >= 4 is 11.9 Å². The number of rotatable bonds is 4. The molecule has 1 aliphatic rings. The highest BCUT2D eigenvalue weighted by Gasteiger charge is 2.14. The van der Waals surface area contributed by atoms with E-state index in [0.717, 1.165) is 37.3 Å². The van der Waals surface area contributed by atoms with Crippen LogP contribution in [0.15, 0.2) is 18.2 Å². The van der Waals surface area contributed by atoms with Gasteiger partial charge >= 0.3 is 11.9 Å². The zero-order chi connectivity index (χ0) is 18.1. The lowest BCUT2D eigenvalue weighted by Gasteiger charge is -2.23. The Kier molecular flexibility index (Phi) is 7.77. The van der Waals surface area contributed by atoms with Crippen LogP contribution in [0.4, 0.5) is 0 Å². The standard InChI is InChI=1S/C17H26N4O4/c22-16(23)12-20-8-2-6-18-7-3-9-21(13-17(24)25)11-15-5-1-4-14(10-20)19-15/h1,4-5,18H,2-3,6-13H2,(H,22,23)(H,24,25). The molecule has 0 amide bonds. The van der Waals surface area contributed by atoms with Crippen molar-refractivity contribution in [3.8, 4) is 0 Å². The first kappa shape index (κ1) is 19.3. The summed E-state index contributed by atoms with van der Waals surface area (Å²) in [5.74, 6) is -1.70. The Hall–Kier alpha value is -2.03. The van der Waals surface area contributed by atoms with E-state index in [1.165, 1.54) is 0 Å². The molecule has 3 N–H and O–H groups in total. The molecule has 8 heteroatoms. The van der Waals surface area contributed by atoms with E-state index in [2.05, 4.69) is 10.3 Å². The zero-order valence-electron chi connectivity index (χ0n) is 14.4. The molecule has 25 heavy (non-hydrogen) atoms. The number of nitrogens with zero attached hydrogens (tertiary/aromatic N) is 3. The summed E-state index contributed by atoms with van der Waals surface area (Å²) in [7, 11) is 0. The SMILES string of the molecule is O=C(O)CN1CCCNCCCN(CC(=O)O)Cc2cccc(n2)C1. The van der Waals surface area contributed by atoms with Gasteiger partial charge < -0.3 is 15.5 Å². The lowest BCUT2D eigenvalue weighted by Crippen LogP contribution is -2.35. The van der Waals surface area contributed by atoms with Crippen LogP contribution < -0.4 is 5.32 Å². The predicted octanol–water partition coefficient (Wildman–Crippen LogP) is 0.238. The second-order valence-electron chi connectivity index (χ2n) is 6.29. The topological polar surface area (TPSA) is 106 Å². The van der Waals surface area contributed by atoms with Gasteiger partial charge in [0.25, 0.3) is 0 Å². The minimum atomic E-state index is -0.849. The summed E-state index contributed by atoms with van der Waals surface area (Å²) < 4.78 is 0. The number of carbonyl (C=O) groups is 2. The van der Waals surface area contributed by atoms with Gasteiger partial charge in [0.2, 0.25) is 0 Å². The van der Waals surface area contributed by atoms with Crippen molar-refractivity contribution in [2.75, 3.05) is 39.3 Å². The summed E-state index contributed by atoms with van der Waals surface area (Å²) in [5, 5.41) is 21.5. The average Bonchev–Trinajstić information content (AvgIpc) is 2.52. The highest BCUT2D eigenvalue weighted by atomic mass is 16.4. The van der Waals surface area contributed by atoms with Crippen LogP contribution >= 0.6 is 0 Å². The Bertz CT molecular complexity index is 536. The molecule has 0 aromatic carbocycles. The Balaban J connectivity index is 2.14. The monoisotopic (exact) mass is 350 g/mol. The lowest BCUT2D eigenvalue weighted by molar-refractivity contribution is -0.139. The van der Waals surface area contributed by atoms with Crippen LogP contribution in [-0.2, 0) is 22.7 Å². The zero-order valence-corrected chi connectivity index (χ0v) is 14.4. The third-order valence-electron chi connectivity index (χ3n) is 4.01. The van der Waals surface area contributed by atoms with E-state index in [-0.39, 0.29) is 13.1 Å². The first-order valence-corrected chi connectivity index (χ1v) is 8.57. The maximum Gasteiger partial charge on any atom is 0.317 e. The van der Waals surface area contributed by atoms with Crippen molar-refractivity contribution in [3.05, 3.63) is 29.6 Å². The van der Waals surface area contributed by atoms with Gasteiger partial charge in [0.1, 0.15) is 0 Å². The minimum absolute atomic E-state index is 0.0168. The molecule has 2 rings (SSSR count). The van der Waals surface area contributed by atoms with Crippen molar-refractivity contribution in [3.63, 3.8) is 0 Å². The Morgan fingerprint density at radius 1 is 0.960 bits per heavy atom. The molecule has 0 radical (unpaired) electrons. The summed E-state index contributed by atoms with van der Waals surface area (Å²) in [6.45, 7) is 3.91. The molecule has 0 fully saturated rings. The summed E-state index contributed by atoms with van der Waals surface area (Å²) >= 11 is 0. The van der Waals surface area contributed by atoms with Gasteiger partial charge in [0.15, 0.2) is 0 Å². The van der Waals surface area contributed by atoms with Crippen LogP contribution in [-0.4, -0.2) is 76.2 Å². The van der Waals surface area contributed by atoms with E-state index in [9.17, 15) is 9.59 Å². The van der Waals surface area contributed by atoms with Crippen molar-refractivity contribution in [2.24, 2.45) is 0 Å². The normalized spacial score (nSPS) is 18.4. The highest BCUT2D eigenvalue weighted by Crippen LogP contribution is 2.08. The fourth-order valence-electron chi connectivity index (χ4n) is 2.95. The number of hydrogen-bond acceptors (Lipinski definition) is 6. The number of aromatic nitrogens is 1. The number of fused-ring (bicyclic) bond motifs is 2. The number of nitrogens with one attached hydrogen (secondary N) is 1. The van der Waals surface area contributed by atoms with Crippen molar-refractivity contribution in [2.45, 2.75) is 25.9 Å². The first-order valence-electron chi connectivity index (χ1n) is 8.57. The third kappa shape index (κ3) is 7.59. The molecule has 0 saturated carbocycles. The van der Waals surface area contributed by atoms with Gasteiger partial charge in [-0.05, 0) is 38.1 Å². The third-order valence-corrected chi connectivity index (χ3v) is 4.01. The Morgan fingerprint density at radius 2 is 1.44 bits per heavy atom. The van der Waals surface area contributed by atoms with Crippen LogP contribution in [0.25, 0.3) is 0 Å². The van der Waals surface area contributed by atoms with Crippen LogP contribution in [0.5, 0.6) is 0 Å². The van der Waals surface area contributed by atoms with Gasteiger partial charge in [0, 0.05) is 26.2 Å². The van der Waals surface area contributed by atoms with Gasteiger partial charge in [-0.3, -0.25) is 24.4 Å². The van der Waals surface area contributed by atoms with Gasteiger partial charge in [-0.15, -0.1) is 0 Å². The second kappa shape index (κ2) is 10.1. The largest absolute Gasteiger partial charge is 0.480 e. The van der Waals surface area contributed by atoms with E-state index in [0.29, 0.717) is 26.2 Å². The van der Waals surface area contributed by atoms with E-state index in [4.69, 9.17) is 10.2 Å². The molecule has 0 atom stereocenters. The predicted molar refractivity (Wildman–Crippen MR) is 92.2 cm³/mol. The van der Waals surface area contributed by atoms with E-state index >= 15 is 0 Å². The molecule has 2 heterocycles. The first-order chi connectivity index (χ1) is 12.0. The smallest absolute Gasteiger partial charge is 0.317 e. The fourth-order valence-corrected chi connectivity index (χ4v) is 2.95. The number of pyridine rings is 1. The molecule has 0 saturated heterocycles. The van der Waals surface area contributed by atoms with E-state index in [1.54, 1.807) is 0 Å².